The van der Waals surface area contributed by atoms with Crippen LogP contribution in [0.15, 0.2) is 102 Å². The molecule has 4 N–H and O–H groups in total. The van der Waals surface area contributed by atoms with Crippen LogP contribution in [0.5, 0.6) is 0 Å². The maximum Gasteiger partial charge on any atom is 0.285 e. The van der Waals surface area contributed by atoms with Crippen molar-refractivity contribution in [1.82, 2.24) is 15.0 Å². The average molecular weight is 509 g/mol. The van der Waals surface area contributed by atoms with E-state index in [4.69, 9.17) is 11.1 Å². The standard InChI is InChI=1S/C28H22N5O3S/c29-27(30)20-11-9-18(10-12-20)17-32-28(34)24-7-1-5-21-16-22(13-14-23(21)24)33-37(35,36)25-8-2-4-19-6-3-15-31-26(19)25/h1-16H,17H2,(H3,29,30)(H,32,34). The number of nitrogen functional groups attached to an aromatic ring is 1. The molecule has 37 heavy (non-hydrogen) atoms. The first kappa shape index (κ1) is 24.0. The summed E-state index contributed by atoms with van der Waals surface area (Å²) in [4.78, 5) is 17.2. The van der Waals surface area contributed by atoms with Crippen molar-refractivity contribution in [1.29, 1.82) is 5.41 Å². The smallest absolute Gasteiger partial charge is 0.285 e. The second-order valence-corrected chi connectivity index (χ2v) is 9.97. The Bertz CT molecular complexity index is 1760. The van der Waals surface area contributed by atoms with Crippen LogP contribution >= 0.6 is 0 Å². The summed E-state index contributed by atoms with van der Waals surface area (Å²) in [6, 6.07) is 25.7. The molecule has 0 aliphatic rings. The minimum Gasteiger partial charge on any atom is -0.384 e. The Labute approximate surface area is 213 Å². The van der Waals surface area contributed by atoms with Crippen LogP contribution in [0.2, 0.25) is 0 Å². The van der Waals surface area contributed by atoms with Crippen LogP contribution in [-0.4, -0.2) is 25.1 Å². The molecule has 0 fully saturated rings. The van der Waals surface area contributed by atoms with Crippen molar-refractivity contribution < 1.29 is 13.2 Å². The van der Waals surface area contributed by atoms with Gasteiger partial charge in [0.05, 0.1) is 11.2 Å². The number of para-hydroxylation sites is 1. The molecule has 1 heterocycles. The SMILES string of the molecule is N=C(N)c1ccc(CNC(=O)c2cccc3cc([N]S(=O)(=O)c4cccc5cccnc45)ccc23)cc1. The van der Waals surface area contributed by atoms with Gasteiger partial charge in [0.15, 0.2) is 0 Å². The first-order chi connectivity index (χ1) is 17.8. The third-order valence-electron chi connectivity index (χ3n) is 5.93. The van der Waals surface area contributed by atoms with Crippen LogP contribution in [-0.2, 0) is 16.6 Å². The molecule has 9 heteroatoms. The van der Waals surface area contributed by atoms with Gasteiger partial charge in [-0.15, -0.1) is 0 Å². The van der Waals surface area contributed by atoms with E-state index in [0.29, 0.717) is 39.3 Å². The molecule has 183 valence electrons. The molecule has 8 nitrogen and oxygen atoms in total. The summed E-state index contributed by atoms with van der Waals surface area (Å²) < 4.78 is 30.3. The highest BCUT2D eigenvalue weighted by atomic mass is 32.2. The van der Waals surface area contributed by atoms with Crippen LogP contribution in [0.1, 0.15) is 21.5 Å². The van der Waals surface area contributed by atoms with Crippen LogP contribution in [0.25, 0.3) is 21.7 Å². The van der Waals surface area contributed by atoms with E-state index in [0.717, 1.165) is 5.56 Å². The lowest BCUT2D eigenvalue weighted by atomic mass is 10.0. The number of benzene rings is 4. The largest absolute Gasteiger partial charge is 0.384 e. The number of nitrogens with zero attached hydrogens (tertiary/aromatic N) is 2. The first-order valence-corrected chi connectivity index (χ1v) is 12.8. The number of rotatable bonds is 7. The van der Waals surface area contributed by atoms with E-state index >= 15 is 0 Å². The van der Waals surface area contributed by atoms with Crippen LogP contribution < -0.4 is 15.8 Å². The molecule has 0 spiro atoms. The first-order valence-electron chi connectivity index (χ1n) is 11.4. The predicted octanol–water partition coefficient (Wildman–Crippen LogP) is 4.23. The van der Waals surface area contributed by atoms with Crippen molar-refractivity contribution in [2.75, 3.05) is 0 Å². The molecule has 1 radical (unpaired) electrons. The van der Waals surface area contributed by atoms with Gasteiger partial charge in [0, 0.05) is 29.3 Å². The third kappa shape index (κ3) is 4.98. The van der Waals surface area contributed by atoms with E-state index in [1.807, 2.05) is 0 Å². The zero-order valence-electron chi connectivity index (χ0n) is 19.5. The summed E-state index contributed by atoms with van der Waals surface area (Å²) in [5.41, 5.74) is 8.05. The summed E-state index contributed by atoms with van der Waals surface area (Å²) in [6.45, 7) is 0.304. The van der Waals surface area contributed by atoms with Crippen molar-refractivity contribution in [3.63, 3.8) is 0 Å². The van der Waals surface area contributed by atoms with Gasteiger partial charge >= 0.3 is 0 Å². The minimum atomic E-state index is -4.02. The van der Waals surface area contributed by atoms with Gasteiger partial charge in [-0.05, 0) is 46.7 Å². The van der Waals surface area contributed by atoms with Crippen LogP contribution in [0, 0.1) is 5.41 Å². The number of aromatic nitrogens is 1. The fourth-order valence-electron chi connectivity index (χ4n) is 4.08. The summed E-state index contributed by atoms with van der Waals surface area (Å²) in [6.07, 6.45) is 1.55. The normalized spacial score (nSPS) is 11.4. The monoisotopic (exact) mass is 508 g/mol. The van der Waals surface area contributed by atoms with Gasteiger partial charge in [0.1, 0.15) is 10.7 Å². The van der Waals surface area contributed by atoms with Gasteiger partial charge < -0.3 is 11.1 Å². The van der Waals surface area contributed by atoms with Crippen LogP contribution in [0.4, 0.5) is 5.69 Å². The number of carbonyl (C=O) groups is 1. The Hall–Kier alpha value is -4.76. The van der Waals surface area contributed by atoms with Crippen molar-refractivity contribution in [2.24, 2.45) is 5.73 Å². The highest BCUT2D eigenvalue weighted by Crippen LogP contribution is 2.27. The van der Waals surface area contributed by atoms with E-state index in [9.17, 15) is 13.2 Å². The fraction of sp³-hybridized carbons (Fsp3) is 0.0357. The molecule has 0 saturated carbocycles. The summed E-state index contributed by atoms with van der Waals surface area (Å²) in [5, 5.41) is 12.4. The molecular weight excluding hydrogens is 486 g/mol. The van der Waals surface area contributed by atoms with Gasteiger partial charge in [-0.25, -0.2) is 0 Å². The molecule has 1 amide bonds. The van der Waals surface area contributed by atoms with E-state index in [1.165, 1.54) is 6.07 Å². The second-order valence-electron chi connectivity index (χ2n) is 8.40. The van der Waals surface area contributed by atoms with Gasteiger partial charge in [0.25, 0.3) is 15.9 Å². The Morgan fingerprint density at radius 1 is 0.919 bits per heavy atom. The van der Waals surface area contributed by atoms with Gasteiger partial charge in [0.2, 0.25) is 0 Å². The maximum absolute atomic E-state index is 13.1. The maximum atomic E-state index is 13.1. The molecule has 1 aromatic heterocycles. The highest BCUT2D eigenvalue weighted by molar-refractivity contribution is 7.89. The van der Waals surface area contributed by atoms with E-state index in [2.05, 4.69) is 15.0 Å². The summed E-state index contributed by atoms with van der Waals surface area (Å²) >= 11 is 0. The number of pyridine rings is 1. The average Bonchev–Trinajstić information content (AvgIpc) is 2.91. The molecule has 5 rings (SSSR count). The second kappa shape index (κ2) is 9.71. The zero-order chi connectivity index (χ0) is 26.0. The number of fused-ring (bicyclic) bond motifs is 2. The van der Waals surface area contributed by atoms with Gasteiger partial charge in [-0.3, -0.25) is 15.2 Å². The van der Waals surface area contributed by atoms with Crippen molar-refractivity contribution in [3.05, 3.63) is 114 Å². The Balaban J connectivity index is 1.37. The van der Waals surface area contributed by atoms with E-state index in [1.54, 1.807) is 91.1 Å². The minimum absolute atomic E-state index is 0.0148. The van der Waals surface area contributed by atoms with Crippen LogP contribution in [0.3, 0.4) is 0 Å². The third-order valence-corrected chi connectivity index (χ3v) is 7.26. The molecule has 4 aromatic carbocycles. The van der Waals surface area contributed by atoms with Crippen molar-refractivity contribution >= 4 is 49.1 Å². The zero-order valence-corrected chi connectivity index (χ0v) is 20.4. The topological polar surface area (TPSA) is 140 Å². The molecule has 0 atom stereocenters. The van der Waals surface area contributed by atoms with Crippen molar-refractivity contribution in [2.45, 2.75) is 11.4 Å². The number of hydrogen-bond acceptors (Lipinski definition) is 5. The molecular formula is C28H22N5O3S. The van der Waals surface area contributed by atoms with E-state index < -0.39 is 10.0 Å². The summed E-state index contributed by atoms with van der Waals surface area (Å²) in [7, 11) is -4.02. The molecule has 0 saturated heterocycles. The lowest BCUT2D eigenvalue weighted by Crippen LogP contribution is -2.23. The lowest BCUT2D eigenvalue weighted by molar-refractivity contribution is 0.0952. The number of sulfonamides is 1. The number of carbonyl (C=O) groups excluding carboxylic acids is 1. The highest BCUT2D eigenvalue weighted by Gasteiger charge is 2.21. The quantitative estimate of drug-likeness (QED) is 0.223. The van der Waals surface area contributed by atoms with E-state index in [-0.39, 0.29) is 22.3 Å². The Kier molecular flexibility index (Phi) is 6.29. The lowest BCUT2D eigenvalue weighted by Gasteiger charge is -2.11. The van der Waals surface area contributed by atoms with Crippen molar-refractivity contribution in [3.8, 4) is 0 Å². The number of hydrogen-bond donors (Lipinski definition) is 3. The molecule has 5 aromatic rings. The van der Waals surface area contributed by atoms with Gasteiger partial charge in [-0.2, -0.15) is 13.1 Å². The molecule has 0 aliphatic heterocycles. The Morgan fingerprint density at radius 3 is 2.43 bits per heavy atom. The van der Waals surface area contributed by atoms with Gasteiger partial charge in [-0.1, -0.05) is 60.7 Å². The molecule has 0 bridgehead atoms. The number of nitrogens with two attached hydrogens (primary N) is 1. The number of amidine groups is 1. The Morgan fingerprint density at radius 2 is 1.65 bits per heavy atom. The molecule has 0 unspecified atom stereocenters. The summed E-state index contributed by atoms with van der Waals surface area (Å²) in [5.74, 6) is -0.278. The molecule has 0 aliphatic carbocycles. The predicted molar refractivity (Wildman–Crippen MR) is 143 cm³/mol. The number of nitrogens with one attached hydrogen (secondary N) is 2. The fourth-order valence-corrected chi connectivity index (χ4v) is 5.23. The number of amides is 1.